The molecule has 0 aromatic heterocycles. The number of nitrogens with zero attached hydrogens (tertiary/aromatic N) is 2. The maximum absolute atomic E-state index is 5.65. The van der Waals surface area contributed by atoms with Crippen molar-refractivity contribution in [3.63, 3.8) is 0 Å². The fraction of sp³-hybridized carbons (Fsp3) is 0.526. The van der Waals surface area contributed by atoms with Crippen LogP contribution in [0.15, 0.2) is 24.3 Å². The Bertz CT molecular complexity index is 619. The smallest absolute Gasteiger partial charge is 0.170 e. The molecular formula is C19H26N4S. The molecule has 4 atom stereocenters. The van der Waals surface area contributed by atoms with Crippen molar-refractivity contribution in [3.8, 4) is 12.3 Å². The third-order valence-corrected chi connectivity index (χ3v) is 5.48. The van der Waals surface area contributed by atoms with Crippen LogP contribution >= 0.6 is 12.2 Å². The molecule has 2 N–H and O–H groups in total. The lowest BCUT2D eigenvalue weighted by Gasteiger charge is -2.48. The van der Waals surface area contributed by atoms with E-state index in [1.807, 2.05) is 26.2 Å². The van der Waals surface area contributed by atoms with Gasteiger partial charge in [-0.2, -0.15) is 0 Å². The standard InChI is InChI=1S/C19H26N4S/c1-4-14-13-23-10-9-15(14)11-18(23)12-20-19(24)21-16-5-7-17(8-6-16)22(2)3/h1,5-8,14-15,18H,9-13H2,2-3H3,(H2,20,21,24)/t14-,15-,18+/m0/s1. The minimum Gasteiger partial charge on any atom is -0.378 e. The molecule has 5 heteroatoms. The first-order valence-electron chi connectivity index (χ1n) is 8.59. The quantitative estimate of drug-likeness (QED) is 0.648. The molecule has 0 aliphatic carbocycles. The minimum atomic E-state index is 0.440. The number of hydrogen-bond acceptors (Lipinski definition) is 3. The Balaban J connectivity index is 1.47. The van der Waals surface area contributed by atoms with Crippen LogP contribution in [0.4, 0.5) is 11.4 Å². The first-order valence-corrected chi connectivity index (χ1v) is 9.00. The lowest BCUT2D eigenvalue weighted by molar-refractivity contribution is 0.0248. The summed E-state index contributed by atoms with van der Waals surface area (Å²) in [5.41, 5.74) is 2.18. The van der Waals surface area contributed by atoms with E-state index in [9.17, 15) is 0 Å². The number of nitrogens with one attached hydrogen (secondary N) is 2. The Hall–Kier alpha value is -1.77. The summed E-state index contributed by atoms with van der Waals surface area (Å²) in [7, 11) is 4.07. The van der Waals surface area contributed by atoms with Crippen molar-refractivity contribution in [3.05, 3.63) is 24.3 Å². The number of piperidine rings is 3. The summed E-state index contributed by atoms with van der Waals surface area (Å²) in [5, 5.41) is 7.32. The van der Waals surface area contributed by atoms with Crippen LogP contribution in [0.2, 0.25) is 0 Å². The average molecular weight is 343 g/mol. The largest absolute Gasteiger partial charge is 0.378 e. The van der Waals surface area contributed by atoms with Crippen LogP contribution in [0.3, 0.4) is 0 Å². The molecule has 3 fully saturated rings. The fourth-order valence-electron chi connectivity index (χ4n) is 3.77. The molecule has 2 bridgehead atoms. The molecule has 3 aliphatic heterocycles. The van der Waals surface area contributed by atoms with Crippen molar-refractivity contribution < 1.29 is 0 Å². The van der Waals surface area contributed by atoms with E-state index < -0.39 is 0 Å². The van der Waals surface area contributed by atoms with E-state index in [1.165, 1.54) is 25.1 Å². The maximum Gasteiger partial charge on any atom is 0.170 e. The molecule has 1 aromatic carbocycles. The number of fused-ring (bicyclic) bond motifs is 3. The highest BCUT2D eigenvalue weighted by Gasteiger charge is 2.39. The number of hydrogen-bond donors (Lipinski definition) is 2. The van der Waals surface area contributed by atoms with Gasteiger partial charge in [0.2, 0.25) is 0 Å². The molecule has 3 heterocycles. The summed E-state index contributed by atoms with van der Waals surface area (Å²) in [5.74, 6) is 4.09. The topological polar surface area (TPSA) is 30.5 Å². The van der Waals surface area contributed by atoms with Gasteiger partial charge >= 0.3 is 0 Å². The van der Waals surface area contributed by atoms with Gasteiger partial charge in [0.1, 0.15) is 0 Å². The van der Waals surface area contributed by atoms with E-state index in [-0.39, 0.29) is 0 Å². The van der Waals surface area contributed by atoms with Crippen molar-refractivity contribution in [2.45, 2.75) is 18.9 Å². The Kier molecular flexibility index (Phi) is 5.27. The molecule has 0 radical (unpaired) electrons. The van der Waals surface area contributed by atoms with E-state index in [0.717, 1.165) is 18.8 Å². The van der Waals surface area contributed by atoms with Crippen molar-refractivity contribution in [1.29, 1.82) is 0 Å². The lowest BCUT2D eigenvalue weighted by Crippen LogP contribution is -2.56. The van der Waals surface area contributed by atoms with Crippen LogP contribution in [0.5, 0.6) is 0 Å². The highest BCUT2D eigenvalue weighted by molar-refractivity contribution is 7.80. The van der Waals surface area contributed by atoms with E-state index in [4.69, 9.17) is 18.6 Å². The second-order valence-corrected chi connectivity index (χ2v) is 7.39. The zero-order chi connectivity index (χ0) is 17.1. The third-order valence-electron chi connectivity index (χ3n) is 5.23. The number of terminal acetylenes is 1. The monoisotopic (exact) mass is 342 g/mol. The van der Waals surface area contributed by atoms with Gasteiger partial charge in [-0.3, -0.25) is 4.90 Å². The zero-order valence-electron chi connectivity index (χ0n) is 14.5. The van der Waals surface area contributed by atoms with Crippen LogP contribution in [0.25, 0.3) is 0 Å². The van der Waals surface area contributed by atoms with Crippen LogP contribution < -0.4 is 15.5 Å². The Morgan fingerprint density at radius 2 is 2.12 bits per heavy atom. The minimum absolute atomic E-state index is 0.440. The number of benzene rings is 1. The van der Waals surface area contributed by atoms with E-state index >= 15 is 0 Å². The normalized spacial score (nSPS) is 28.0. The highest BCUT2D eigenvalue weighted by Crippen LogP contribution is 2.35. The number of thiocarbonyl (C=S) groups is 1. The SMILES string of the molecule is C#C[C@H]1CN2CC[C@H]1C[C@@H]2CNC(=S)Nc1ccc(N(C)C)cc1. The van der Waals surface area contributed by atoms with Crippen LogP contribution in [0, 0.1) is 24.2 Å². The van der Waals surface area contributed by atoms with Gasteiger partial charge in [-0.05, 0) is 61.8 Å². The summed E-state index contributed by atoms with van der Waals surface area (Å²) < 4.78 is 0. The van der Waals surface area contributed by atoms with Crippen molar-refractivity contribution in [2.75, 3.05) is 43.9 Å². The summed E-state index contributed by atoms with van der Waals surface area (Å²) >= 11 is 5.44. The molecule has 128 valence electrons. The second kappa shape index (κ2) is 7.42. The second-order valence-electron chi connectivity index (χ2n) is 6.98. The summed E-state index contributed by atoms with van der Waals surface area (Å²) in [6, 6.07) is 8.80. The molecule has 4 nitrogen and oxygen atoms in total. The molecule has 0 amide bonds. The summed E-state index contributed by atoms with van der Waals surface area (Å²) in [6.07, 6.45) is 8.07. The molecule has 1 unspecified atom stereocenters. The van der Waals surface area contributed by atoms with E-state index in [0.29, 0.717) is 23.0 Å². The van der Waals surface area contributed by atoms with Gasteiger partial charge in [0, 0.05) is 50.5 Å². The predicted molar refractivity (Wildman–Crippen MR) is 105 cm³/mol. The Labute approximate surface area is 150 Å². The molecular weight excluding hydrogens is 316 g/mol. The lowest BCUT2D eigenvalue weighted by atomic mass is 9.76. The molecule has 1 aromatic rings. The van der Waals surface area contributed by atoms with Gasteiger partial charge in [0.05, 0.1) is 0 Å². The van der Waals surface area contributed by atoms with Crippen molar-refractivity contribution >= 4 is 28.7 Å². The molecule has 0 spiro atoms. The van der Waals surface area contributed by atoms with Gasteiger partial charge in [-0.15, -0.1) is 12.3 Å². The third kappa shape index (κ3) is 3.82. The Morgan fingerprint density at radius 3 is 2.71 bits per heavy atom. The molecule has 24 heavy (non-hydrogen) atoms. The first kappa shape index (κ1) is 17.1. The zero-order valence-corrected chi connectivity index (χ0v) is 15.3. The average Bonchev–Trinajstić information content (AvgIpc) is 2.60. The van der Waals surface area contributed by atoms with Gasteiger partial charge in [0.15, 0.2) is 5.11 Å². The van der Waals surface area contributed by atoms with Crippen LogP contribution in [-0.4, -0.2) is 49.8 Å². The molecule has 3 saturated heterocycles. The van der Waals surface area contributed by atoms with Gasteiger partial charge in [0.25, 0.3) is 0 Å². The Morgan fingerprint density at radius 1 is 1.38 bits per heavy atom. The van der Waals surface area contributed by atoms with Crippen LogP contribution in [-0.2, 0) is 0 Å². The van der Waals surface area contributed by atoms with E-state index in [1.54, 1.807) is 0 Å². The molecule has 0 saturated carbocycles. The van der Waals surface area contributed by atoms with Crippen LogP contribution in [0.1, 0.15) is 12.8 Å². The molecule has 4 rings (SSSR count). The summed E-state index contributed by atoms with van der Waals surface area (Å²) in [6.45, 7) is 3.09. The van der Waals surface area contributed by atoms with Crippen molar-refractivity contribution in [2.24, 2.45) is 11.8 Å². The maximum atomic E-state index is 5.65. The fourth-order valence-corrected chi connectivity index (χ4v) is 3.97. The number of rotatable bonds is 4. The molecule has 3 aliphatic rings. The van der Waals surface area contributed by atoms with Gasteiger partial charge in [-0.25, -0.2) is 0 Å². The first-order chi connectivity index (χ1) is 11.6. The van der Waals surface area contributed by atoms with Crippen molar-refractivity contribution in [1.82, 2.24) is 10.2 Å². The highest BCUT2D eigenvalue weighted by atomic mass is 32.1. The predicted octanol–water partition coefficient (Wildman–Crippen LogP) is 2.38. The number of anilines is 2. The van der Waals surface area contributed by atoms with E-state index in [2.05, 4.69) is 38.5 Å². The van der Waals surface area contributed by atoms with Gasteiger partial charge < -0.3 is 15.5 Å². The van der Waals surface area contributed by atoms with Gasteiger partial charge in [-0.1, -0.05) is 0 Å². The summed E-state index contributed by atoms with van der Waals surface area (Å²) in [4.78, 5) is 4.60.